The topological polar surface area (TPSA) is 66.8 Å². The van der Waals surface area contributed by atoms with E-state index >= 15 is 0 Å². The summed E-state index contributed by atoms with van der Waals surface area (Å²) in [5.41, 5.74) is -0.857. The molecule has 1 N–H and O–H groups in total. The third kappa shape index (κ3) is 1.42. The summed E-state index contributed by atoms with van der Waals surface area (Å²) >= 11 is 0. The Morgan fingerprint density at radius 3 is 2.87 bits per heavy atom. The average molecular weight is 213 g/mol. The molecule has 84 valence electrons. The average Bonchev–Trinajstić information content (AvgIpc) is 2.57. The van der Waals surface area contributed by atoms with Crippen molar-refractivity contribution in [2.75, 3.05) is 19.8 Å². The number of likely N-dealkylation sites (tertiary alicyclic amines) is 1. The van der Waals surface area contributed by atoms with Gasteiger partial charge in [-0.3, -0.25) is 9.59 Å². The molecule has 2 aliphatic rings. The fraction of sp³-hybridized carbons (Fsp3) is 0.800. The highest BCUT2D eigenvalue weighted by Crippen LogP contribution is 2.41. The van der Waals surface area contributed by atoms with E-state index in [1.165, 1.54) is 6.92 Å². The lowest BCUT2D eigenvalue weighted by molar-refractivity contribution is -0.161. The number of rotatable bonds is 1. The second kappa shape index (κ2) is 3.48. The van der Waals surface area contributed by atoms with E-state index < -0.39 is 11.4 Å². The first-order valence-corrected chi connectivity index (χ1v) is 5.16. The van der Waals surface area contributed by atoms with Crippen molar-refractivity contribution in [1.82, 2.24) is 4.90 Å². The number of hydrogen-bond donors (Lipinski definition) is 1. The third-order valence-electron chi connectivity index (χ3n) is 3.54. The maximum Gasteiger partial charge on any atom is 0.314 e. The van der Waals surface area contributed by atoms with Crippen molar-refractivity contribution in [2.45, 2.75) is 25.8 Å². The maximum atomic E-state index is 11.4. The van der Waals surface area contributed by atoms with Crippen LogP contribution in [0.4, 0.5) is 0 Å². The Hall–Kier alpha value is -1.10. The van der Waals surface area contributed by atoms with Gasteiger partial charge in [0.15, 0.2) is 0 Å². The minimum Gasteiger partial charge on any atom is -0.481 e. The largest absolute Gasteiger partial charge is 0.481 e. The number of carboxylic acids is 1. The van der Waals surface area contributed by atoms with Gasteiger partial charge in [0.25, 0.3) is 0 Å². The number of hydrogen-bond acceptors (Lipinski definition) is 3. The van der Waals surface area contributed by atoms with Crippen LogP contribution in [0.15, 0.2) is 0 Å². The van der Waals surface area contributed by atoms with Gasteiger partial charge in [-0.2, -0.15) is 0 Å². The second-order valence-electron chi connectivity index (χ2n) is 4.28. The van der Waals surface area contributed by atoms with Crippen molar-refractivity contribution >= 4 is 11.9 Å². The standard InChI is InChI=1S/C10H15NO4/c1-7(12)11-4-3-10(9(13)14)6-15-5-2-8(10)11/h8H,2-6H2,1H3,(H,13,14)/t8-,10-/m0/s1. The van der Waals surface area contributed by atoms with Crippen LogP contribution in [-0.4, -0.2) is 47.7 Å². The quantitative estimate of drug-likeness (QED) is 0.670. The summed E-state index contributed by atoms with van der Waals surface area (Å²) < 4.78 is 5.26. The molecular weight excluding hydrogens is 198 g/mol. The molecule has 1 amide bonds. The Morgan fingerprint density at radius 1 is 1.53 bits per heavy atom. The normalized spacial score (nSPS) is 35.0. The monoisotopic (exact) mass is 213 g/mol. The zero-order valence-electron chi connectivity index (χ0n) is 8.73. The fourth-order valence-electron chi connectivity index (χ4n) is 2.68. The zero-order chi connectivity index (χ0) is 11.1. The van der Waals surface area contributed by atoms with E-state index in [4.69, 9.17) is 4.74 Å². The number of fused-ring (bicyclic) bond motifs is 1. The predicted octanol–water partition coefficient (Wildman–Crippen LogP) is 0.0985. The third-order valence-corrected chi connectivity index (χ3v) is 3.54. The van der Waals surface area contributed by atoms with Crippen LogP contribution in [0.5, 0.6) is 0 Å². The summed E-state index contributed by atoms with van der Waals surface area (Å²) in [7, 11) is 0. The highest BCUT2D eigenvalue weighted by atomic mass is 16.5. The van der Waals surface area contributed by atoms with Crippen LogP contribution in [0.1, 0.15) is 19.8 Å². The molecule has 2 rings (SSSR count). The first kappa shape index (κ1) is 10.4. The molecule has 5 nitrogen and oxygen atoms in total. The Kier molecular flexibility index (Phi) is 2.42. The molecule has 2 saturated heterocycles. The summed E-state index contributed by atoms with van der Waals surface area (Å²) in [5, 5.41) is 9.28. The molecule has 2 aliphatic heterocycles. The van der Waals surface area contributed by atoms with E-state index in [2.05, 4.69) is 0 Å². The van der Waals surface area contributed by atoms with Gasteiger partial charge in [-0.25, -0.2) is 0 Å². The smallest absolute Gasteiger partial charge is 0.314 e. The SMILES string of the molecule is CC(=O)N1CC[C@]2(C(=O)O)COCC[C@H]12. The fourth-order valence-corrected chi connectivity index (χ4v) is 2.68. The van der Waals surface area contributed by atoms with Crippen LogP contribution < -0.4 is 0 Å². The lowest BCUT2D eigenvalue weighted by Gasteiger charge is -2.37. The molecule has 15 heavy (non-hydrogen) atoms. The molecule has 2 atom stereocenters. The van der Waals surface area contributed by atoms with Gasteiger partial charge in [-0.15, -0.1) is 0 Å². The second-order valence-corrected chi connectivity index (χ2v) is 4.28. The van der Waals surface area contributed by atoms with Crippen molar-refractivity contribution in [1.29, 1.82) is 0 Å². The van der Waals surface area contributed by atoms with Crippen LogP contribution in [-0.2, 0) is 14.3 Å². The van der Waals surface area contributed by atoms with Crippen molar-refractivity contribution in [3.05, 3.63) is 0 Å². The molecular formula is C10H15NO4. The summed E-state index contributed by atoms with van der Waals surface area (Å²) in [6.45, 7) is 2.81. The molecule has 0 aliphatic carbocycles. The van der Waals surface area contributed by atoms with E-state index in [9.17, 15) is 14.7 Å². The highest BCUT2D eigenvalue weighted by molar-refractivity contribution is 5.80. The van der Waals surface area contributed by atoms with Crippen molar-refractivity contribution in [3.8, 4) is 0 Å². The molecule has 0 saturated carbocycles. The van der Waals surface area contributed by atoms with E-state index in [-0.39, 0.29) is 18.6 Å². The molecule has 2 heterocycles. The van der Waals surface area contributed by atoms with E-state index in [0.717, 1.165) is 0 Å². The number of nitrogens with zero attached hydrogens (tertiary/aromatic N) is 1. The summed E-state index contributed by atoms with van der Waals surface area (Å²) in [4.78, 5) is 24.3. The first-order chi connectivity index (χ1) is 7.08. The number of ether oxygens (including phenoxy) is 1. The van der Waals surface area contributed by atoms with Gasteiger partial charge in [-0.05, 0) is 12.8 Å². The summed E-state index contributed by atoms with van der Waals surface area (Å²) in [6, 6.07) is -0.179. The number of amides is 1. The Labute approximate surface area is 88.0 Å². The van der Waals surface area contributed by atoms with Crippen LogP contribution >= 0.6 is 0 Å². The van der Waals surface area contributed by atoms with Crippen LogP contribution in [0.2, 0.25) is 0 Å². The molecule has 0 aromatic rings. The first-order valence-electron chi connectivity index (χ1n) is 5.16. The number of carboxylic acid groups (broad SMARTS) is 1. The molecule has 0 radical (unpaired) electrons. The van der Waals surface area contributed by atoms with E-state index in [1.807, 2.05) is 0 Å². The maximum absolute atomic E-state index is 11.4. The molecule has 2 fully saturated rings. The number of carbonyl (C=O) groups excluding carboxylic acids is 1. The highest BCUT2D eigenvalue weighted by Gasteiger charge is 2.55. The van der Waals surface area contributed by atoms with Crippen LogP contribution in [0, 0.1) is 5.41 Å². The number of aliphatic carboxylic acids is 1. The minimum atomic E-state index is -0.857. The number of carbonyl (C=O) groups is 2. The Morgan fingerprint density at radius 2 is 2.27 bits per heavy atom. The minimum absolute atomic E-state index is 0.0370. The van der Waals surface area contributed by atoms with E-state index in [0.29, 0.717) is 26.0 Å². The molecule has 0 spiro atoms. The lowest BCUT2D eigenvalue weighted by Crippen LogP contribution is -2.52. The zero-order valence-corrected chi connectivity index (χ0v) is 8.73. The van der Waals surface area contributed by atoms with Crippen LogP contribution in [0.3, 0.4) is 0 Å². The van der Waals surface area contributed by atoms with Gasteiger partial charge in [-0.1, -0.05) is 0 Å². The summed E-state index contributed by atoms with van der Waals surface area (Å²) in [5.74, 6) is -0.874. The van der Waals surface area contributed by atoms with Gasteiger partial charge in [0, 0.05) is 20.1 Å². The van der Waals surface area contributed by atoms with Gasteiger partial charge in [0.05, 0.1) is 12.6 Å². The van der Waals surface area contributed by atoms with Gasteiger partial charge >= 0.3 is 5.97 Å². The van der Waals surface area contributed by atoms with Gasteiger partial charge < -0.3 is 14.7 Å². The van der Waals surface area contributed by atoms with Gasteiger partial charge in [0.2, 0.25) is 5.91 Å². The van der Waals surface area contributed by atoms with Crippen molar-refractivity contribution in [2.24, 2.45) is 5.41 Å². The van der Waals surface area contributed by atoms with Gasteiger partial charge in [0.1, 0.15) is 5.41 Å². The molecule has 0 aromatic carbocycles. The molecule has 0 bridgehead atoms. The molecule has 0 aromatic heterocycles. The van der Waals surface area contributed by atoms with Crippen molar-refractivity contribution in [3.63, 3.8) is 0 Å². The van der Waals surface area contributed by atoms with E-state index in [1.54, 1.807) is 4.90 Å². The Bertz CT molecular complexity index is 304. The summed E-state index contributed by atoms with van der Waals surface area (Å²) in [6.07, 6.45) is 1.14. The van der Waals surface area contributed by atoms with Crippen LogP contribution in [0.25, 0.3) is 0 Å². The predicted molar refractivity (Wildman–Crippen MR) is 51.3 cm³/mol. The lowest BCUT2D eigenvalue weighted by atomic mass is 9.78. The molecule has 5 heteroatoms. The van der Waals surface area contributed by atoms with Crippen molar-refractivity contribution < 1.29 is 19.4 Å². The Balaban J connectivity index is 2.29. The molecule has 0 unspecified atom stereocenters.